The third kappa shape index (κ3) is 9.42. The SMILES string of the molecule is COC(=O)CNC(=O)c1ccc(NC(=O)c2ccc(-n3ncc(C(=O)OCCc4ccc5c(C(=O)Nc6c(C)nn(Cc7ccccc7C)c6C)csc5c4)c3C)cc2)cc1. The van der Waals surface area contributed by atoms with E-state index >= 15 is 0 Å². The number of hydrogen-bond donors (Lipinski definition) is 3. The second-order valence-corrected chi connectivity index (χ2v) is 15.3. The summed E-state index contributed by atoms with van der Waals surface area (Å²) < 4.78 is 14.6. The van der Waals surface area contributed by atoms with Crippen LogP contribution >= 0.6 is 11.3 Å². The van der Waals surface area contributed by atoms with Gasteiger partial charge in [0.1, 0.15) is 12.1 Å². The zero-order valence-electron chi connectivity index (χ0n) is 34.2. The van der Waals surface area contributed by atoms with Gasteiger partial charge in [-0.05, 0) is 99.0 Å². The van der Waals surface area contributed by atoms with Crippen LogP contribution in [0.4, 0.5) is 11.4 Å². The molecule has 0 atom stereocenters. The first-order valence-electron chi connectivity index (χ1n) is 19.4. The van der Waals surface area contributed by atoms with Crippen LogP contribution in [0.3, 0.4) is 0 Å². The molecule has 0 fully saturated rings. The first-order valence-corrected chi connectivity index (χ1v) is 20.3. The summed E-state index contributed by atoms with van der Waals surface area (Å²) in [6.07, 6.45) is 1.94. The number of fused-ring (bicyclic) bond motifs is 1. The molecule has 0 saturated heterocycles. The van der Waals surface area contributed by atoms with Crippen LogP contribution in [0.1, 0.15) is 75.2 Å². The molecule has 4 aromatic carbocycles. The lowest BCUT2D eigenvalue weighted by Crippen LogP contribution is -2.30. The third-order valence-corrected chi connectivity index (χ3v) is 11.3. The molecule has 61 heavy (non-hydrogen) atoms. The fourth-order valence-electron chi connectivity index (χ4n) is 6.76. The number of rotatable bonds is 14. The number of aromatic nitrogens is 4. The van der Waals surface area contributed by atoms with E-state index in [9.17, 15) is 24.0 Å². The van der Waals surface area contributed by atoms with E-state index < -0.39 is 17.8 Å². The highest BCUT2D eigenvalue weighted by Crippen LogP contribution is 2.30. The number of ether oxygens (including phenoxy) is 2. The van der Waals surface area contributed by atoms with Crippen LogP contribution < -0.4 is 16.0 Å². The number of benzene rings is 4. The fraction of sp³-hybridized carbons (Fsp3) is 0.196. The lowest BCUT2D eigenvalue weighted by molar-refractivity contribution is -0.139. The summed E-state index contributed by atoms with van der Waals surface area (Å²) in [5.41, 5.74) is 8.97. The molecule has 0 radical (unpaired) electrons. The first kappa shape index (κ1) is 41.8. The molecular formula is C46H43N7O7S. The highest BCUT2D eigenvalue weighted by atomic mass is 32.1. The normalized spacial score (nSPS) is 11.0. The Kier molecular flexibility index (Phi) is 12.5. The minimum absolute atomic E-state index is 0.147. The third-order valence-electron chi connectivity index (χ3n) is 10.3. The highest BCUT2D eigenvalue weighted by Gasteiger charge is 2.20. The van der Waals surface area contributed by atoms with Gasteiger partial charge in [0.05, 0.1) is 60.5 Å². The molecule has 0 spiro atoms. The number of nitrogens with one attached hydrogen (secondary N) is 3. The number of anilines is 2. The predicted octanol–water partition coefficient (Wildman–Crippen LogP) is 7.37. The molecule has 14 nitrogen and oxygen atoms in total. The molecule has 3 heterocycles. The molecule has 3 aromatic heterocycles. The van der Waals surface area contributed by atoms with Gasteiger partial charge in [0.15, 0.2) is 0 Å². The Bertz CT molecular complexity index is 2790. The van der Waals surface area contributed by atoms with Crippen molar-refractivity contribution < 1.29 is 33.4 Å². The molecule has 7 rings (SSSR count). The van der Waals surface area contributed by atoms with E-state index in [4.69, 9.17) is 9.84 Å². The van der Waals surface area contributed by atoms with E-state index in [0.29, 0.717) is 58.0 Å². The van der Waals surface area contributed by atoms with Crippen LogP contribution in [-0.4, -0.2) is 69.5 Å². The fourth-order valence-corrected chi connectivity index (χ4v) is 7.77. The Morgan fingerprint density at radius 1 is 0.770 bits per heavy atom. The number of carbonyl (C=O) groups is 5. The minimum Gasteiger partial charge on any atom is -0.468 e. The zero-order valence-corrected chi connectivity index (χ0v) is 35.0. The molecule has 0 bridgehead atoms. The van der Waals surface area contributed by atoms with Gasteiger partial charge in [-0.3, -0.25) is 23.9 Å². The van der Waals surface area contributed by atoms with Gasteiger partial charge in [0.25, 0.3) is 17.7 Å². The Morgan fingerprint density at radius 2 is 1.49 bits per heavy atom. The van der Waals surface area contributed by atoms with E-state index in [0.717, 1.165) is 27.0 Å². The van der Waals surface area contributed by atoms with Crippen molar-refractivity contribution >= 4 is 62.5 Å². The van der Waals surface area contributed by atoms with E-state index in [1.165, 1.54) is 47.9 Å². The van der Waals surface area contributed by atoms with Crippen molar-refractivity contribution in [2.75, 3.05) is 30.9 Å². The monoisotopic (exact) mass is 837 g/mol. The molecular weight excluding hydrogens is 795 g/mol. The van der Waals surface area contributed by atoms with Crippen molar-refractivity contribution in [2.24, 2.45) is 0 Å². The van der Waals surface area contributed by atoms with E-state index in [2.05, 4.69) is 44.8 Å². The van der Waals surface area contributed by atoms with Crippen LogP contribution in [-0.2, 0) is 27.2 Å². The number of thiophene rings is 1. The lowest BCUT2D eigenvalue weighted by Gasteiger charge is -2.09. The average molecular weight is 838 g/mol. The molecule has 0 unspecified atom stereocenters. The van der Waals surface area contributed by atoms with E-state index in [1.807, 2.05) is 54.2 Å². The van der Waals surface area contributed by atoms with Crippen molar-refractivity contribution in [2.45, 2.75) is 40.7 Å². The summed E-state index contributed by atoms with van der Waals surface area (Å²) in [5.74, 6) is -2.08. The van der Waals surface area contributed by atoms with Gasteiger partial charge < -0.3 is 25.4 Å². The molecule has 3 N–H and O–H groups in total. The number of hydrogen-bond acceptors (Lipinski definition) is 10. The first-order chi connectivity index (χ1) is 29.4. The van der Waals surface area contributed by atoms with Crippen molar-refractivity contribution in [3.05, 3.63) is 159 Å². The summed E-state index contributed by atoms with van der Waals surface area (Å²) in [6.45, 7) is 8.21. The summed E-state index contributed by atoms with van der Waals surface area (Å²) in [5, 5.41) is 20.1. The summed E-state index contributed by atoms with van der Waals surface area (Å²) >= 11 is 1.48. The number of methoxy groups -OCH3 is 1. The Morgan fingerprint density at radius 3 is 2.23 bits per heavy atom. The summed E-state index contributed by atoms with van der Waals surface area (Å²) in [7, 11) is 1.23. The Balaban J connectivity index is 0.911. The summed E-state index contributed by atoms with van der Waals surface area (Å²) in [4.78, 5) is 63.1. The number of nitrogens with zero attached hydrogens (tertiary/aromatic N) is 4. The zero-order chi connectivity index (χ0) is 43.2. The minimum atomic E-state index is -0.564. The van der Waals surface area contributed by atoms with Crippen LogP contribution in [0.2, 0.25) is 0 Å². The smallest absolute Gasteiger partial charge is 0.341 e. The van der Waals surface area contributed by atoms with Gasteiger partial charge in [-0.1, -0.05) is 36.4 Å². The van der Waals surface area contributed by atoms with Crippen LogP contribution in [0, 0.1) is 27.7 Å². The standard InChI is InChI=1S/C46H43N7O7S/c1-27-8-6-7-9-34(27)25-52-30(4)42(28(2)51-52)50-45(57)39-26-61-40-22-31(10-19-37(39)40)20-21-60-46(58)38-23-48-53(29(38)3)36-17-13-33(14-18-36)44(56)49-35-15-11-32(12-16-35)43(55)47-24-41(54)59-5/h6-19,22-23,26H,20-21,24-25H2,1-5H3,(H,47,55)(H,49,56)(H,50,57). The topological polar surface area (TPSA) is 176 Å². The molecule has 0 saturated carbocycles. The molecule has 0 aliphatic rings. The number of carbonyl (C=O) groups excluding carboxylic acids is 5. The Hall–Kier alpha value is -7.39. The van der Waals surface area contributed by atoms with Crippen LogP contribution in [0.15, 0.2) is 103 Å². The van der Waals surface area contributed by atoms with E-state index in [1.54, 1.807) is 48.0 Å². The Labute approximate surface area is 355 Å². The maximum Gasteiger partial charge on any atom is 0.341 e. The van der Waals surface area contributed by atoms with Crippen molar-refractivity contribution in [1.29, 1.82) is 0 Å². The van der Waals surface area contributed by atoms with Gasteiger partial charge in [0, 0.05) is 38.7 Å². The second kappa shape index (κ2) is 18.3. The van der Waals surface area contributed by atoms with Crippen LogP contribution in [0.25, 0.3) is 15.8 Å². The average Bonchev–Trinajstić information content (AvgIpc) is 3.95. The van der Waals surface area contributed by atoms with Crippen molar-refractivity contribution in [3.8, 4) is 5.69 Å². The lowest BCUT2D eigenvalue weighted by atomic mass is 10.1. The van der Waals surface area contributed by atoms with Gasteiger partial charge in [-0.2, -0.15) is 10.2 Å². The van der Waals surface area contributed by atoms with Crippen molar-refractivity contribution in [3.63, 3.8) is 0 Å². The number of esters is 2. The molecule has 7 aromatic rings. The van der Waals surface area contributed by atoms with Gasteiger partial charge in [-0.15, -0.1) is 11.3 Å². The number of aryl methyl sites for hydroxylation is 2. The maximum atomic E-state index is 13.5. The molecule has 0 aliphatic carbocycles. The predicted molar refractivity (Wildman–Crippen MR) is 233 cm³/mol. The molecule has 15 heteroatoms. The van der Waals surface area contributed by atoms with Gasteiger partial charge >= 0.3 is 11.9 Å². The molecule has 3 amide bonds. The molecule has 310 valence electrons. The van der Waals surface area contributed by atoms with Crippen molar-refractivity contribution in [1.82, 2.24) is 24.9 Å². The molecule has 0 aliphatic heterocycles. The van der Waals surface area contributed by atoms with E-state index in [-0.39, 0.29) is 25.0 Å². The van der Waals surface area contributed by atoms with Gasteiger partial charge in [0.2, 0.25) is 0 Å². The summed E-state index contributed by atoms with van der Waals surface area (Å²) in [6, 6.07) is 27.0. The highest BCUT2D eigenvalue weighted by molar-refractivity contribution is 7.17. The quantitative estimate of drug-likeness (QED) is 0.0945. The maximum absolute atomic E-state index is 13.5. The van der Waals surface area contributed by atoms with Crippen LogP contribution in [0.5, 0.6) is 0 Å². The van der Waals surface area contributed by atoms with Gasteiger partial charge in [-0.25, -0.2) is 9.48 Å². The largest absolute Gasteiger partial charge is 0.468 e. The second-order valence-electron chi connectivity index (χ2n) is 14.3. The number of amides is 3.